The molecule has 1 aliphatic heterocycles. The largest absolute Gasteiger partial charge is 0.492 e. The Balaban J connectivity index is 2.26. The van der Waals surface area contributed by atoms with Crippen molar-refractivity contribution in [2.75, 3.05) is 26.2 Å². The molecule has 94 valence electrons. The number of likely N-dealkylation sites (tertiary alicyclic amines) is 1. The highest BCUT2D eigenvalue weighted by atomic mass is 16.5. The van der Waals surface area contributed by atoms with Crippen LogP contribution < -0.4 is 0 Å². The van der Waals surface area contributed by atoms with Gasteiger partial charge < -0.3 is 4.74 Å². The minimum Gasteiger partial charge on any atom is -0.492 e. The van der Waals surface area contributed by atoms with E-state index in [9.17, 15) is 4.79 Å². The zero-order valence-electron chi connectivity index (χ0n) is 10.5. The molecule has 1 rings (SSSR count). The van der Waals surface area contributed by atoms with Gasteiger partial charge in [0.15, 0.2) is 5.78 Å². The van der Waals surface area contributed by atoms with Crippen molar-refractivity contribution in [1.29, 1.82) is 0 Å². The van der Waals surface area contributed by atoms with Gasteiger partial charge in [-0.3, -0.25) is 9.69 Å². The van der Waals surface area contributed by atoms with Gasteiger partial charge in [-0.1, -0.05) is 12.7 Å². The van der Waals surface area contributed by atoms with Crippen molar-refractivity contribution in [3.8, 4) is 0 Å². The average molecular weight is 235 g/mol. The predicted molar refractivity (Wildman–Crippen MR) is 69.7 cm³/mol. The van der Waals surface area contributed by atoms with Gasteiger partial charge in [-0.15, -0.1) is 0 Å². The number of nitrogens with zero attached hydrogens (tertiary/aromatic N) is 1. The minimum absolute atomic E-state index is 0.0294. The number of carbonyl (C=O) groups excluding carboxylic acids is 1. The maximum atomic E-state index is 10.7. The highest BCUT2D eigenvalue weighted by Gasteiger charge is 2.10. The van der Waals surface area contributed by atoms with E-state index in [1.165, 1.54) is 38.9 Å². The molecule has 1 aliphatic rings. The molecule has 0 aliphatic carbocycles. The van der Waals surface area contributed by atoms with Gasteiger partial charge in [0.25, 0.3) is 0 Å². The zero-order chi connectivity index (χ0) is 12.5. The third-order valence-corrected chi connectivity index (χ3v) is 2.67. The minimum atomic E-state index is 0.0294. The highest BCUT2D eigenvalue weighted by molar-refractivity contribution is 5.87. The molecule has 0 saturated carbocycles. The quantitative estimate of drug-likeness (QED) is 0.385. The smallest absolute Gasteiger partial charge is 0.152 e. The summed E-state index contributed by atoms with van der Waals surface area (Å²) in [7, 11) is 0. The normalized spacial score (nSPS) is 17.6. The van der Waals surface area contributed by atoms with Crippen molar-refractivity contribution < 1.29 is 9.53 Å². The molecule has 1 fully saturated rings. The Labute approximate surface area is 103 Å². The molecule has 0 aromatic heterocycles. The first-order valence-electron chi connectivity index (χ1n) is 6.09. The Morgan fingerprint density at radius 2 is 2.12 bits per heavy atom. The van der Waals surface area contributed by atoms with Crippen LogP contribution in [-0.4, -0.2) is 36.9 Å². The lowest BCUT2D eigenvalue weighted by atomic mass is 10.3. The topological polar surface area (TPSA) is 29.5 Å². The molecule has 0 aromatic carbocycles. The molecular weight excluding hydrogens is 214 g/mol. The molecule has 3 nitrogen and oxygen atoms in total. The fraction of sp³-hybridized carbons (Fsp3) is 0.500. The van der Waals surface area contributed by atoms with Crippen LogP contribution in [0.5, 0.6) is 0 Å². The van der Waals surface area contributed by atoms with Crippen molar-refractivity contribution in [3.05, 3.63) is 36.6 Å². The van der Waals surface area contributed by atoms with Gasteiger partial charge >= 0.3 is 0 Å². The summed E-state index contributed by atoms with van der Waals surface area (Å²) in [5, 5.41) is 0. The lowest BCUT2D eigenvalue weighted by Crippen LogP contribution is -2.23. The van der Waals surface area contributed by atoms with Crippen molar-refractivity contribution in [2.45, 2.75) is 19.8 Å². The third-order valence-electron chi connectivity index (χ3n) is 2.67. The fourth-order valence-electron chi connectivity index (χ4n) is 1.75. The number of hydrogen-bond acceptors (Lipinski definition) is 3. The maximum Gasteiger partial charge on any atom is 0.152 e. The molecule has 0 unspecified atom stereocenters. The van der Waals surface area contributed by atoms with Gasteiger partial charge in [-0.25, -0.2) is 0 Å². The van der Waals surface area contributed by atoms with Crippen molar-refractivity contribution in [1.82, 2.24) is 4.90 Å². The molecule has 17 heavy (non-hydrogen) atoms. The molecule has 0 radical (unpaired) electrons. The van der Waals surface area contributed by atoms with E-state index in [1.54, 1.807) is 18.2 Å². The molecule has 1 saturated heterocycles. The van der Waals surface area contributed by atoms with Crippen molar-refractivity contribution >= 4 is 5.78 Å². The van der Waals surface area contributed by atoms with E-state index >= 15 is 0 Å². The van der Waals surface area contributed by atoms with E-state index in [0.717, 1.165) is 6.54 Å². The van der Waals surface area contributed by atoms with Crippen LogP contribution in [0.1, 0.15) is 19.8 Å². The van der Waals surface area contributed by atoms with Crippen LogP contribution >= 0.6 is 0 Å². The van der Waals surface area contributed by atoms with E-state index in [-0.39, 0.29) is 5.78 Å². The van der Waals surface area contributed by atoms with Gasteiger partial charge in [-0.2, -0.15) is 0 Å². The Kier molecular flexibility index (Phi) is 6.33. The number of ether oxygens (including phenoxy) is 1. The molecule has 0 spiro atoms. The summed E-state index contributed by atoms with van der Waals surface area (Å²) >= 11 is 0. The second-order valence-electron chi connectivity index (χ2n) is 4.14. The molecule has 0 N–H and O–H groups in total. The summed E-state index contributed by atoms with van der Waals surface area (Å²) in [4.78, 5) is 13.1. The van der Waals surface area contributed by atoms with Gasteiger partial charge in [0.1, 0.15) is 12.4 Å². The number of allylic oxidation sites excluding steroid dienone is 4. The van der Waals surface area contributed by atoms with E-state index in [0.29, 0.717) is 12.4 Å². The van der Waals surface area contributed by atoms with Crippen LogP contribution in [0, 0.1) is 0 Å². The summed E-state index contributed by atoms with van der Waals surface area (Å²) in [6.07, 6.45) is 9.21. The number of carbonyl (C=O) groups is 1. The first-order valence-corrected chi connectivity index (χ1v) is 6.09. The lowest BCUT2D eigenvalue weighted by Gasteiger charge is -2.14. The van der Waals surface area contributed by atoms with E-state index in [2.05, 4.69) is 11.5 Å². The molecule has 0 amide bonds. The summed E-state index contributed by atoms with van der Waals surface area (Å²) in [6, 6.07) is 0. The standard InChI is InChI=1S/C14H21NO2/c1-3-14(8-6-7-13(2)16)17-12-11-15-9-4-5-10-15/h3,6-8H,1,4-5,9-12H2,2H3/b7-6+,14-8+. The summed E-state index contributed by atoms with van der Waals surface area (Å²) in [5.41, 5.74) is 0. The highest BCUT2D eigenvalue weighted by Crippen LogP contribution is 2.07. The second kappa shape index (κ2) is 7.85. The molecule has 0 bridgehead atoms. The predicted octanol–water partition coefficient (Wildman–Crippen LogP) is 2.31. The van der Waals surface area contributed by atoms with E-state index in [1.807, 2.05) is 0 Å². The van der Waals surface area contributed by atoms with Gasteiger partial charge in [0.05, 0.1) is 0 Å². The van der Waals surface area contributed by atoms with Crippen LogP contribution in [-0.2, 0) is 9.53 Å². The first-order chi connectivity index (χ1) is 8.22. The first kappa shape index (κ1) is 13.7. The SMILES string of the molecule is C=C/C(=C\C=C\C(C)=O)OCCN1CCCC1. The van der Waals surface area contributed by atoms with Crippen LogP contribution in [0.3, 0.4) is 0 Å². The third kappa shape index (κ3) is 6.07. The second-order valence-corrected chi connectivity index (χ2v) is 4.14. The monoisotopic (exact) mass is 235 g/mol. The fourth-order valence-corrected chi connectivity index (χ4v) is 1.75. The Morgan fingerprint density at radius 1 is 1.41 bits per heavy atom. The molecule has 3 heteroatoms. The van der Waals surface area contributed by atoms with Crippen molar-refractivity contribution in [2.24, 2.45) is 0 Å². The van der Waals surface area contributed by atoms with Crippen LogP contribution in [0.4, 0.5) is 0 Å². The van der Waals surface area contributed by atoms with Gasteiger partial charge in [0, 0.05) is 6.54 Å². The molecule has 0 atom stereocenters. The van der Waals surface area contributed by atoms with Crippen LogP contribution in [0.15, 0.2) is 36.6 Å². The molecule has 0 aromatic rings. The summed E-state index contributed by atoms with van der Waals surface area (Å²) in [5.74, 6) is 0.739. The lowest BCUT2D eigenvalue weighted by molar-refractivity contribution is -0.112. The number of rotatable bonds is 7. The Bertz CT molecular complexity index is 312. The maximum absolute atomic E-state index is 10.7. The molecule has 1 heterocycles. The number of ketones is 1. The average Bonchev–Trinajstić information content (AvgIpc) is 2.79. The summed E-state index contributed by atoms with van der Waals surface area (Å²) in [6.45, 7) is 9.20. The van der Waals surface area contributed by atoms with Gasteiger partial charge in [0.2, 0.25) is 0 Å². The zero-order valence-corrected chi connectivity index (χ0v) is 10.5. The van der Waals surface area contributed by atoms with Crippen LogP contribution in [0.2, 0.25) is 0 Å². The van der Waals surface area contributed by atoms with Crippen LogP contribution in [0.25, 0.3) is 0 Å². The van der Waals surface area contributed by atoms with Crippen molar-refractivity contribution in [3.63, 3.8) is 0 Å². The van der Waals surface area contributed by atoms with E-state index < -0.39 is 0 Å². The Hall–Kier alpha value is -1.35. The summed E-state index contributed by atoms with van der Waals surface area (Å²) < 4.78 is 5.57. The van der Waals surface area contributed by atoms with Gasteiger partial charge in [-0.05, 0) is 51.1 Å². The van der Waals surface area contributed by atoms with E-state index in [4.69, 9.17) is 4.74 Å². The number of hydrogen-bond donors (Lipinski definition) is 0. The Morgan fingerprint density at radius 3 is 2.71 bits per heavy atom. The molecular formula is C14H21NO2.